The number of aromatic nitrogens is 2. The van der Waals surface area contributed by atoms with Crippen LogP contribution in [-0.2, 0) is 4.79 Å². The van der Waals surface area contributed by atoms with Gasteiger partial charge in [-0.2, -0.15) is 0 Å². The maximum atomic E-state index is 13.5. The Morgan fingerprint density at radius 2 is 1.71 bits per heavy atom. The molecule has 1 unspecified atom stereocenters. The average molecular weight is 487 g/mol. The number of H-pyrrole nitrogens is 1. The van der Waals surface area contributed by atoms with Crippen LogP contribution in [0.5, 0.6) is 5.75 Å². The fraction of sp³-hybridized carbons (Fsp3) is 0.222. The Kier molecular flexibility index (Phi) is 6.75. The van der Waals surface area contributed by atoms with Crippen LogP contribution >= 0.6 is 0 Å². The number of ether oxygens (including phenoxy) is 1. The molecule has 180 valence electrons. The molecule has 4 aromatic rings. The highest BCUT2D eigenvalue weighted by Crippen LogP contribution is 2.26. The second kappa shape index (κ2) is 9.75. The average Bonchev–Trinajstić information content (AvgIpc) is 3.32. The van der Waals surface area contributed by atoms with Crippen LogP contribution in [0.25, 0.3) is 11.0 Å². The van der Waals surface area contributed by atoms with Crippen molar-refractivity contribution in [1.29, 1.82) is 0 Å². The first-order valence-corrected chi connectivity index (χ1v) is 14.9. The summed E-state index contributed by atoms with van der Waals surface area (Å²) in [5.41, 5.74) is 2.47. The van der Waals surface area contributed by atoms with Gasteiger partial charge in [0.15, 0.2) is 0 Å². The van der Waals surface area contributed by atoms with Gasteiger partial charge in [0.05, 0.1) is 20.7 Å². The van der Waals surface area contributed by atoms with Gasteiger partial charge in [0.25, 0.3) is 11.8 Å². The maximum Gasteiger partial charge on any atom is 0.256 e. The molecule has 0 bridgehead atoms. The normalized spacial score (nSPS) is 12.3. The molecule has 2 N–H and O–H groups in total. The van der Waals surface area contributed by atoms with E-state index in [1.807, 2.05) is 18.2 Å². The Hall–Kier alpha value is -3.91. The quantitative estimate of drug-likeness (QED) is 0.375. The largest absolute Gasteiger partial charge is 0.497 e. The third-order valence-corrected chi connectivity index (χ3v) is 8.12. The molecule has 4 rings (SSSR count). The number of nitrogens with one attached hydrogen (secondary N) is 2. The molecule has 7 nitrogen and oxygen atoms in total. The van der Waals surface area contributed by atoms with Gasteiger partial charge in [-0.25, -0.2) is 4.98 Å². The lowest BCUT2D eigenvalue weighted by atomic mass is 10.0. The number of hydrogen-bond acceptors (Lipinski definition) is 4. The molecule has 0 spiro atoms. The fourth-order valence-electron chi connectivity index (χ4n) is 3.98. The lowest BCUT2D eigenvalue weighted by Gasteiger charge is -2.28. The third kappa shape index (κ3) is 5.27. The number of methoxy groups -OCH3 is 1. The van der Waals surface area contributed by atoms with E-state index in [1.165, 1.54) is 16.3 Å². The summed E-state index contributed by atoms with van der Waals surface area (Å²) in [6.45, 7) is 6.83. The van der Waals surface area contributed by atoms with E-state index in [4.69, 9.17) is 4.74 Å². The smallest absolute Gasteiger partial charge is 0.256 e. The predicted octanol–water partition coefficient (Wildman–Crippen LogP) is 4.57. The molecule has 0 saturated carbocycles. The molecule has 35 heavy (non-hydrogen) atoms. The van der Waals surface area contributed by atoms with Crippen molar-refractivity contribution in [1.82, 2.24) is 14.9 Å². The lowest BCUT2D eigenvalue weighted by Crippen LogP contribution is -2.39. The molecule has 0 radical (unpaired) electrons. The van der Waals surface area contributed by atoms with Crippen LogP contribution in [0.4, 0.5) is 5.69 Å². The first kappa shape index (κ1) is 24.2. The molecule has 0 fully saturated rings. The minimum atomic E-state index is -1.45. The van der Waals surface area contributed by atoms with Crippen molar-refractivity contribution in [2.24, 2.45) is 0 Å². The van der Waals surface area contributed by atoms with Gasteiger partial charge in [0.1, 0.15) is 17.4 Å². The second-order valence-corrected chi connectivity index (χ2v) is 14.6. The highest BCUT2D eigenvalue weighted by Gasteiger charge is 2.30. The van der Waals surface area contributed by atoms with E-state index in [-0.39, 0.29) is 11.8 Å². The number of carbonyl (C=O) groups is 2. The van der Waals surface area contributed by atoms with Gasteiger partial charge in [-0.05, 0) is 42.0 Å². The number of benzene rings is 2. The van der Waals surface area contributed by atoms with E-state index in [0.717, 1.165) is 5.39 Å². The van der Waals surface area contributed by atoms with Crippen LogP contribution in [0.2, 0.25) is 19.6 Å². The Bertz CT molecular complexity index is 1340. The van der Waals surface area contributed by atoms with E-state index >= 15 is 0 Å². The van der Waals surface area contributed by atoms with Crippen LogP contribution in [-0.4, -0.2) is 48.9 Å². The summed E-state index contributed by atoms with van der Waals surface area (Å²) < 4.78 is 5.27. The fourth-order valence-corrected chi connectivity index (χ4v) is 5.15. The van der Waals surface area contributed by atoms with Crippen molar-refractivity contribution in [3.63, 3.8) is 0 Å². The van der Waals surface area contributed by atoms with Crippen LogP contribution in [0.1, 0.15) is 22.0 Å². The summed E-state index contributed by atoms with van der Waals surface area (Å²) in [4.78, 5) is 35.8. The zero-order valence-electron chi connectivity index (χ0n) is 20.6. The summed E-state index contributed by atoms with van der Waals surface area (Å²) in [5.74, 6) is 0.0685. The van der Waals surface area contributed by atoms with E-state index in [0.29, 0.717) is 28.2 Å². The molecule has 2 heterocycles. The van der Waals surface area contributed by atoms with Crippen LogP contribution in [0.15, 0.2) is 73.1 Å². The van der Waals surface area contributed by atoms with E-state index < -0.39 is 14.1 Å². The number of nitrogens with zero attached hydrogens (tertiary/aromatic N) is 2. The number of pyridine rings is 1. The summed E-state index contributed by atoms with van der Waals surface area (Å²) in [5, 5.41) is 5.13. The molecule has 0 aliphatic heterocycles. The molecule has 2 amide bonds. The Morgan fingerprint density at radius 1 is 1.03 bits per heavy atom. The molecule has 0 aliphatic rings. The second-order valence-electron chi connectivity index (χ2n) is 9.55. The third-order valence-electron chi connectivity index (χ3n) is 6.05. The number of hydrogen-bond donors (Lipinski definition) is 2. The summed E-state index contributed by atoms with van der Waals surface area (Å²) >= 11 is 0. The molecule has 2 aromatic carbocycles. The summed E-state index contributed by atoms with van der Waals surface area (Å²) in [6, 6.07) is 17.9. The van der Waals surface area contributed by atoms with Gasteiger partial charge in [0.2, 0.25) is 0 Å². The van der Waals surface area contributed by atoms with Gasteiger partial charge >= 0.3 is 0 Å². The summed E-state index contributed by atoms with van der Waals surface area (Å²) in [7, 11) is 1.77. The first-order valence-electron chi connectivity index (χ1n) is 11.4. The van der Waals surface area contributed by atoms with E-state index in [1.54, 1.807) is 50.7 Å². The Labute approximate surface area is 206 Å². The van der Waals surface area contributed by atoms with Gasteiger partial charge in [0, 0.05) is 30.5 Å². The minimum absolute atomic E-state index is 0.300. The summed E-state index contributed by atoms with van der Waals surface area (Å²) in [6.07, 6.45) is 3.30. The number of likely N-dealkylation sites (N-methyl/N-ethyl adjacent to an activating group) is 1. The van der Waals surface area contributed by atoms with Gasteiger partial charge in [-0.3, -0.25) is 9.59 Å². The Morgan fingerprint density at radius 3 is 2.34 bits per heavy atom. The molecular formula is C27H30N4O3Si. The molecule has 2 aromatic heterocycles. The number of amides is 2. The van der Waals surface area contributed by atoms with Crippen molar-refractivity contribution in [3.8, 4) is 5.75 Å². The molecule has 8 heteroatoms. The number of carbonyl (C=O) groups excluding carboxylic acids is 2. The van der Waals surface area contributed by atoms with Crippen molar-refractivity contribution in [3.05, 3.63) is 84.2 Å². The Balaban J connectivity index is 1.64. The number of fused-ring (bicyclic) bond motifs is 1. The van der Waals surface area contributed by atoms with E-state index in [9.17, 15) is 9.59 Å². The predicted molar refractivity (Wildman–Crippen MR) is 142 cm³/mol. The maximum absolute atomic E-state index is 13.5. The number of anilines is 1. The SMILES string of the molecule is COc1ccc(C(C(=O)Nc2ccc([Si](C)(C)C)cc2)N(C)C(=O)c2cnc3[nH]ccc3c2)cc1. The van der Waals surface area contributed by atoms with Crippen molar-refractivity contribution in [2.75, 3.05) is 19.5 Å². The van der Waals surface area contributed by atoms with Crippen LogP contribution in [0, 0.1) is 0 Å². The lowest BCUT2D eigenvalue weighted by molar-refractivity contribution is -0.120. The number of rotatable bonds is 7. The molecular weight excluding hydrogens is 456 g/mol. The number of aromatic amines is 1. The highest BCUT2D eigenvalue weighted by atomic mass is 28.3. The zero-order valence-corrected chi connectivity index (χ0v) is 21.6. The first-order chi connectivity index (χ1) is 16.7. The molecule has 0 aliphatic carbocycles. The van der Waals surface area contributed by atoms with Gasteiger partial charge in [-0.1, -0.05) is 49.1 Å². The minimum Gasteiger partial charge on any atom is -0.497 e. The molecule has 1 atom stereocenters. The topological polar surface area (TPSA) is 87.3 Å². The standard InChI is InChI=1S/C27H30N4O3Si/c1-31(27(33)20-16-19-14-15-28-25(19)29-17-20)24(18-6-10-22(34-2)11-7-18)26(32)30-21-8-12-23(13-9-21)35(3,4)5/h6-17,24H,1-5H3,(H,28,29)(H,30,32). The monoisotopic (exact) mass is 486 g/mol. The van der Waals surface area contributed by atoms with Crippen molar-refractivity contribution in [2.45, 2.75) is 25.7 Å². The van der Waals surface area contributed by atoms with Crippen molar-refractivity contribution < 1.29 is 14.3 Å². The van der Waals surface area contributed by atoms with Crippen LogP contribution in [0.3, 0.4) is 0 Å². The van der Waals surface area contributed by atoms with Gasteiger partial charge in [-0.15, -0.1) is 0 Å². The van der Waals surface area contributed by atoms with E-state index in [2.05, 4.69) is 47.1 Å². The van der Waals surface area contributed by atoms with Crippen molar-refractivity contribution >= 4 is 41.8 Å². The zero-order chi connectivity index (χ0) is 25.2. The molecule has 0 saturated heterocycles. The van der Waals surface area contributed by atoms with Gasteiger partial charge < -0.3 is 19.9 Å². The van der Waals surface area contributed by atoms with Crippen LogP contribution < -0.4 is 15.2 Å². The highest BCUT2D eigenvalue weighted by molar-refractivity contribution is 6.88.